The van der Waals surface area contributed by atoms with Crippen LogP contribution in [0.1, 0.15) is 52.3 Å². The summed E-state index contributed by atoms with van der Waals surface area (Å²) in [6.07, 6.45) is 7.68. The van der Waals surface area contributed by atoms with Crippen molar-refractivity contribution in [3.63, 3.8) is 0 Å². The standard InChI is InChI=1S/C17H34N6S.HI/c1-6-7-8-11-19-16(18-4)20-12-9-10-15-21-22-17(24-5)23(15)13-14(2)3;/h14H,6-13H2,1-5H3,(H2,18,19,20);1H. The Morgan fingerprint density at radius 3 is 2.40 bits per heavy atom. The van der Waals surface area contributed by atoms with Gasteiger partial charge >= 0.3 is 0 Å². The Kier molecular flexibility index (Phi) is 14.3. The minimum atomic E-state index is 0. The van der Waals surface area contributed by atoms with E-state index in [2.05, 4.69) is 57.4 Å². The molecule has 0 aliphatic carbocycles. The smallest absolute Gasteiger partial charge is 0.190 e. The number of thioether (sulfide) groups is 1. The summed E-state index contributed by atoms with van der Waals surface area (Å²) < 4.78 is 2.26. The first-order valence-electron chi connectivity index (χ1n) is 9.02. The molecule has 1 aromatic rings. The van der Waals surface area contributed by atoms with Gasteiger partial charge in [0.15, 0.2) is 11.1 Å². The summed E-state index contributed by atoms with van der Waals surface area (Å²) >= 11 is 1.66. The first-order valence-corrected chi connectivity index (χ1v) is 10.2. The molecule has 2 N–H and O–H groups in total. The summed E-state index contributed by atoms with van der Waals surface area (Å²) in [5.74, 6) is 2.57. The van der Waals surface area contributed by atoms with E-state index in [1.54, 1.807) is 11.8 Å². The lowest BCUT2D eigenvalue weighted by Crippen LogP contribution is -2.38. The van der Waals surface area contributed by atoms with Crippen LogP contribution in [0, 0.1) is 5.92 Å². The highest BCUT2D eigenvalue weighted by molar-refractivity contribution is 14.0. The predicted molar refractivity (Wildman–Crippen MR) is 119 cm³/mol. The number of unbranched alkanes of at least 4 members (excludes halogenated alkanes) is 2. The number of hydrogen-bond donors (Lipinski definition) is 2. The molecular weight excluding hydrogens is 447 g/mol. The van der Waals surface area contributed by atoms with Gasteiger partial charge in [-0.25, -0.2) is 0 Å². The van der Waals surface area contributed by atoms with Crippen molar-refractivity contribution in [3.05, 3.63) is 5.82 Å². The Morgan fingerprint density at radius 1 is 1.16 bits per heavy atom. The van der Waals surface area contributed by atoms with Crippen molar-refractivity contribution in [2.75, 3.05) is 26.4 Å². The van der Waals surface area contributed by atoms with Gasteiger partial charge in [-0.2, -0.15) is 0 Å². The average Bonchev–Trinajstić information content (AvgIpc) is 2.94. The number of rotatable bonds is 11. The molecule has 0 aromatic carbocycles. The molecule has 6 nitrogen and oxygen atoms in total. The van der Waals surface area contributed by atoms with Gasteiger partial charge in [0.05, 0.1) is 0 Å². The van der Waals surface area contributed by atoms with Crippen LogP contribution in [0.25, 0.3) is 0 Å². The lowest BCUT2D eigenvalue weighted by Gasteiger charge is -2.13. The first-order chi connectivity index (χ1) is 11.6. The molecular formula is C17H35IN6S. The Labute approximate surface area is 174 Å². The minimum Gasteiger partial charge on any atom is -0.356 e. The number of halogens is 1. The van der Waals surface area contributed by atoms with Gasteiger partial charge < -0.3 is 15.2 Å². The fraction of sp³-hybridized carbons (Fsp3) is 0.824. The van der Waals surface area contributed by atoms with Crippen molar-refractivity contribution < 1.29 is 0 Å². The summed E-state index contributed by atoms with van der Waals surface area (Å²) in [6, 6.07) is 0. The van der Waals surface area contributed by atoms with Crippen LogP contribution >= 0.6 is 35.7 Å². The van der Waals surface area contributed by atoms with E-state index in [4.69, 9.17) is 0 Å². The maximum absolute atomic E-state index is 4.37. The topological polar surface area (TPSA) is 67.1 Å². The predicted octanol–water partition coefficient (Wildman–Crippen LogP) is 3.56. The van der Waals surface area contributed by atoms with Crippen LogP contribution in [-0.2, 0) is 13.0 Å². The van der Waals surface area contributed by atoms with Crippen LogP contribution in [0.15, 0.2) is 10.1 Å². The SMILES string of the molecule is CCCCCNC(=NC)NCCCc1nnc(SC)n1CC(C)C.I. The molecule has 1 rings (SSSR count). The number of guanidine groups is 1. The van der Waals surface area contributed by atoms with E-state index in [1.165, 1.54) is 19.3 Å². The molecule has 25 heavy (non-hydrogen) atoms. The monoisotopic (exact) mass is 482 g/mol. The molecule has 0 atom stereocenters. The van der Waals surface area contributed by atoms with Crippen LogP contribution in [0.3, 0.4) is 0 Å². The summed E-state index contributed by atoms with van der Waals surface area (Å²) in [7, 11) is 1.82. The van der Waals surface area contributed by atoms with Crippen molar-refractivity contribution in [2.24, 2.45) is 10.9 Å². The van der Waals surface area contributed by atoms with Gasteiger partial charge in [0.2, 0.25) is 0 Å². The van der Waals surface area contributed by atoms with Gasteiger partial charge in [-0.1, -0.05) is 45.4 Å². The average molecular weight is 482 g/mol. The second kappa shape index (κ2) is 14.6. The highest BCUT2D eigenvalue weighted by Gasteiger charge is 2.12. The normalized spacial score (nSPS) is 11.5. The van der Waals surface area contributed by atoms with Crippen molar-refractivity contribution in [1.29, 1.82) is 0 Å². The van der Waals surface area contributed by atoms with E-state index in [0.717, 1.165) is 49.4 Å². The van der Waals surface area contributed by atoms with Crippen molar-refractivity contribution in [2.45, 2.75) is 64.6 Å². The molecule has 0 spiro atoms. The minimum absolute atomic E-state index is 0. The Hall–Kier alpha value is -0.510. The van der Waals surface area contributed by atoms with Crippen LogP contribution in [0.2, 0.25) is 0 Å². The number of aliphatic imine (C=N–C) groups is 1. The van der Waals surface area contributed by atoms with E-state index in [0.29, 0.717) is 5.92 Å². The zero-order valence-corrected chi connectivity index (χ0v) is 19.5. The molecule has 146 valence electrons. The summed E-state index contributed by atoms with van der Waals surface area (Å²) in [5, 5.41) is 16.4. The second-order valence-electron chi connectivity index (χ2n) is 6.34. The van der Waals surface area contributed by atoms with Crippen molar-refractivity contribution >= 4 is 41.7 Å². The lowest BCUT2D eigenvalue weighted by molar-refractivity contribution is 0.477. The molecule has 0 fully saturated rings. The number of aromatic nitrogens is 3. The maximum atomic E-state index is 4.37. The summed E-state index contributed by atoms with van der Waals surface area (Å²) in [5.41, 5.74) is 0. The van der Waals surface area contributed by atoms with Crippen molar-refractivity contribution in [1.82, 2.24) is 25.4 Å². The Bertz CT molecular complexity index is 489. The van der Waals surface area contributed by atoms with E-state index < -0.39 is 0 Å². The molecule has 0 radical (unpaired) electrons. The van der Waals surface area contributed by atoms with Crippen molar-refractivity contribution in [3.8, 4) is 0 Å². The fourth-order valence-electron chi connectivity index (χ4n) is 2.46. The van der Waals surface area contributed by atoms with E-state index >= 15 is 0 Å². The summed E-state index contributed by atoms with van der Waals surface area (Å²) in [4.78, 5) is 4.26. The molecule has 0 saturated carbocycles. The lowest BCUT2D eigenvalue weighted by atomic mass is 10.2. The molecule has 0 saturated heterocycles. The molecule has 0 unspecified atom stereocenters. The molecule has 0 aliphatic rings. The maximum Gasteiger partial charge on any atom is 0.190 e. The number of aryl methyl sites for hydroxylation is 1. The highest BCUT2D eigenvalue weighted by Crippen LogP contribution is 2.16. The number of hydrogen-bond acceptors (Lipinski definition) is 4. The van der Waals surface area contributed by atoms with E-state index in [-0.39, 0.29) is 24.0 Å². The van der Waals surface area contributed by atoms with Crippen LogP contribution in [0.4, 0.5) is 0 Å². The zero-order valence-electron chi connectivity index (χ0n) is 16.3. The molecule has 1 heterocycles. The van der Waals surface area contributed by atoms with Gasteiger partial charge in [0, 0.05) is 33.1 Å². The van der Waals surface area contributed by atoms with Gasteiger partial charge in [-0.05, 0) is 25.0 Å². The summed E-state index contributed by atoms with van der Waals surface area (Å²) in [6.45, 7) is 9.51. The van der Waals surface area contributed by atoms with Crippen LogP contribution < -0.4 is 10.6 Å². The second-order valence-corrected chi connectivity index (χ2v) is 7.12. The third kappa shape index (κ3) is 9.67. The largest absolute Gasteiger partial charge is 0.356 e. The Balaban J connectivity index is 0.00000576. The van der Waals surface area contributed by atoms with Crippen LogP contribution in [0.5, 0.6) is 0 Å². The van der Waals surface area contributed by atoms with Gasteiger partial charge in [-0.15, -0.1) is 34.2 Å². The van der Waals surface area contributed by atoms with Gasteiger partial charge in [0.1, 0.15) is 5.82 Å². The Morgan fingerprint density at radius 2 is 1.84 bits per heavy atom. The quantitative estimate of drug-likeness (QED) is 0.166. The molecule has 0 bridgehead atoms. The molecule has 1 aromatic heterocycles. The van der Waals surface area contributed by atoms with Gasteiger partial charge in [0.25, 0.3) is 0 Å². The molecule has 0 amide bonds. The molecule has 0 aliphatic heterocycles. The first kappa shape index (κ1) is 24.5. The van der Waals surface area contributed by atoms with Gasteiger partial charge in [-0.3, -0.25) is 4.99 Å². The van der Waals surface area contributed by atoms with E-state index in [9.17, 15) is 0 Å². The third-order valence-electron chi connectivity index (χ3n) is 3.69. The zero-order chi connectivity index (χ0) is 17.8. The third-order valence-corrected chi connectivity index (χ3v) is 4.36. The number of nitrogens with zero attached hydrogens (tertiary/aromatic N) is 4. The number of nitrogens with one attached hydrogen (secondary N) is 2. The highest BCUT2D eigenvalue weighted by atomic mass is 127. The van der Waals surface area contributed by atoms with Crippen LogP contribution in [-0.4, -0.2) is 47.1 Å². The fourth-order valence-corrected chi connectivity index (χ4v) is 2.98. The van der Waals surface area contributed by atoms with E-state index in [1.807, 2.05) is 7.05 Å². The molecule has 8 heteroatoms.